The van der Waals surface area contributed by atoms with Crippen molar-refractivity contribution in [3.63, 3.8) is 0 Å². The summed E-state index contributed by atoms with van der Waals surface area (Å²) >= 11 is 0. The minimum atomic E-state index is 1.01. The topological polar surface area (TPSA) is 12.9 Å². The molecule has 0 spiro atoms. The van der Waals surface area contributed by atoms with E-state index < -0.39 is 0 Å². The van der Waals surface area contributed by atoms with Crippen LogP contribution in [0.25, 0.3) is 16.8 Å². The van der Waals surface area contributed by atoms with Gasteiger partial charge in [-0.05, 0) is 48.9 Å². The van der Waals surface area contributed by atoms with Crippen molar-refractivity contribution in [2.24, 2.45) is 5.92 Å². The maximum Gasteiger partial charge on any atom is 0.0733 e. The summed E-state index contributed by atoms with van der Waals surface area (Å²) in [5, 5.41) is 0. The molecule has 0 bridgehead atoms. The largest absolute Gasteiger partial charge is 0.256 e. The molecule has 22 heavy (non-hydrogen) atoms. The Morgan fingerprint density at radius 1 is 1.27 bits per heavy atom. The molecule has 3 rings (SSSR count). The van der Waals surface area contributed by atoms with Gasteiger partial charge < -0.3 is 0 Å². The Morgan fingerprint density at radius 2 is 1.95 bits per heavy atom. The van der Waals surface area contributed by atoms with Crippen LogP contribution in [0.1, 0.15) is 50.3 Å². The zero-order valence-electron chi connectivity index (χ0n) is 14.3. The van der Waals surface area contributed by atoms with Crippen LogP contribution < -0.4 is 0 Å². The fraction of sp³-hybridized carbons (Fsp3) is 0.381. The van der Waals surface area contributed by atoms with Crippen molar-refractivity contribution in [2.75, 3.05) is 0 Å². The molecule has 1 aromatic heterocycles. The molecule has 0 saturated heterocycles. The summed E-state index contributed by atoms with van der Waals surface area (Å²) in [7, 11) is 0. The van der Waals surface area contributed by atoms with E-state index in [-0.39, 0.29) is 0 Å². The lowest BCUT2D eigenvalue weighted by atomic mass is 9.95. The lowest BCUT2D eigenvalue weighted by molar-refractivity contribution is 0.983. The van der Waals surface area contributed by atoms with Crippen molar-refractivity contribution in [1.29, 1.82) is 0 Å². The lowest BCUT2D eigenvalue weighted by Gasteiger charge is -2.12. The molecular weight excluding hydrogens is 266 g/mol. The molecule has 0 atom stereocenters. The van der Waals surface area contributed by atoms with E-state index in [9.17, 15) is 0 Å². The molecule has 1 heteroatoms. The second-order valence-electron chi connectivity index (χ2n) is 6.36. The van der Waals surface area contributed by atoms with Gasteiger partial charge in [0, 0.05) is 11.8 Å². The number of aryl methyl sites for hydroxylation is 2. The molecule has 1 aromatic carbocycles. The second-order valence-corrected chi connectivity index (χ2v) is 6.36. The van der Waals surface area contributed by atoms with Crippen molar-refractivity contribution < 1.29 is 0 Å². The molecule has 2 aromatic rings. The standard InChI is InChI=1S/C17H19N.C4H8/c1-5-14-11-15(12(2)3)8-9-16(14)17-13(4)7-6-10-18-17;1-4-2-3-4/h6-11H,2,5H2,1,3-4H3;4H,2-3H2,1H3. The van der Waals surface area contributed by atoms with Crippen molar-refractivity contribution in [3.8, 4) is 11.3 Å². The minimum Gasteiger partial charge on any atom is -0.256 e. The van der Waals surface area contributed by atoms with Crippen molar-refractivity contribution >= 4 is 5.57 Å². The monoisotopic (exact) mass is 293 g/mol. The Hall–Kier alpha value is -1.89. The molecule has 116 valence electrons. The second kappa shape index (κ2) is 7.40. The van der Waals surface area contributed by atoms with E-state index in [0.29, 0.717) is 0 Å². The van der Waals surface area contributed by atoms with Crippen molar-refractivity contribution in [2.45, 2.75) is 47.0 Å². The summed E-state index contributed by atoms with van der Waals surface area (Å²) in [4.78, 5) is 4.51. The van der Waals surface area contributed by atoms with Gasteiger partial charge in [0.05, 0.1) is 5.69 Å². The maximum absolute atomic E-state index is 4.51. The Bertz CT molecular complexity index is 651. The first-order valence-electron chi connectivity index (χ1n) is 8.23. The molecule has 1 aliphatic carbocycles. The van der Waals surface area contributed by atoms with E-state index in [1.54, 1.807) is 0 Å². The predicted octanol–water partition coefficient (Wildman–Crippen LogP) is 6.07. The molecule has 0 radical (unpaired) electrons. The first-order valence-corrected chi connectivity index (χ1v) is 8.23. The van der Waals surface area contributed by atoms with Crippen LogP contribution in [-0.4, -0.2) is 4.98 Å². The van der Waals surface area contributed by atoms with Crippen LogP contribution in [0.4, 0.5) is 0 Å². The van der Waals surface area contributed by atoms with E-state index in [1.807, 2.05) is 19.2 Å². The predicted molar refractivity (Wildman–Crippen MR) is 96.9 cm³/mol. The third-order valence-electron chi connectivity index (χ3n) is 4.11. The Balaban J connectivity index is 0.000000381. The van der Waals surface area contributed by atoms with Gasteiger partial charge in [-0.15, -0.1) is 0 Å². The van der Waals surface area contributed by atoms with Crippen molar-refractivity contribution in [1.82, 2.24) is 4.98 Å². The molecule has 1 aliphatic rings. The molecule has 0 unspecified atom stereocenters. The quantitative estimate of drug-likeness (QED) is 0.669. The Morgan fingerprint density at radius 3 is 2.45 bits per heavy atom. The number of benzene rings is 1. The van der Waals surface area contributed by atoms with Crippen molar-refractivity contribution in [3.05, 3.63) is 59.8 Å². The third kappa shape index (κ3) is 4.30. The molecular formula is C21H27N. The summed E-state index contributed by atoms with van der Waals surface area (Å²) < 4.78 is 0. The zero-order valence-corrected chi connectivity index (χ0v) is 14.3. The number of allylic oxidation sites excluding steroid dienone is 1. The molecule has 1 fully saturated rings. The number of pyridine rings is 1. The van der Waals surface area contributed by atoms with Gasteiger partial charge in [-0.2, -0.15) is 0 Å². The molecule has 0 N–H and O–H groups in total. The van der Waals surface area contributed by atoms with E-state index in [1.165, 1.54) is 35.1 Å². The first-order chi connectivity index (χ1) is 10.5. The van der Waals surface area contributed by atoms with E-state index in [4.69, 9.17) is 0 Å². The van der Waals surface area contributed by atoms with Gasteiger partial charge in [0.1, 0.15) is 0 Å². The van der Waals surface area contributed by atoms with E-state index in [2.05, 4.69) is 56.6 Å². The van der Waals surface area contributed by atoms with Crippen LogP contribution in [0.2, 0.25) is 0 Å². The number of hydrogen-bond donors (Lipinski definition) is 0. The van der Waals surface area contributed by atoms with Gasteiger partial charge in [-0.1, -0.05) is 63.1 Å². The molecule has 1 heterocycles. The van der Waals surface area contributed by atoms with Crippen LogP contribution in [0.5, 0.6) is 0 Å². The van der Waals surface area contributed by atoms with Crippen LogP contribution >= 0.6 is 0 Å². The fourth-order valence-electron chi connectivity index (χ4n) is 2.32. The third-order valence-corrected chi connectivity index (χ3v) is 4.11. The van der Waals surface area contributed by atoms with Gasteiger partial charge in [0.25, 0.3) is 0 Å². The summed E-state index contributed by atoms with van der Waals surface area (Å²) in [5.41, 5.74) is 7.19. The summed E-state index contributed by atoms with van der Waals surface area (Å²) in [6.45, 7) is 12.6. The maximum atomic E-state index is 4.51. The van der Waals surface area contributed by atoms with Gasteiger partial charge in [0.15, 0.2) is 0 Å². The minimum absolute atomic E-state index is 1.01. The average molecular weight is 293 g/mol. The smallest absolute Gasteiger partial charge is 0.0733 e. The number of rotatable bonds is 3. The summed E-state index contributed by atoms with van der Waals surface area (Å²) in [5.74, 6) is 1.08. The highest BCUT2D eigenvalue weighted by Crippen LogP contribution is 2.28. The van der Waals surface area contributed by atoms with Gasteiger partial charge in [-0.3, -0.25) is 4.98 Å². The number of nitrogens with zero attached hydrogens (tertiary/aromatic N) is 1. The van der Waals surface area contributed by atoms with Gasteiger partial charge >= 0.3 is 0 Å². The fourth-order valence-corrected chi connectivity index (χ4v) is 2.32. The average Bonchev–Trinajstić information content (AvgIpc) is 3.30. The van der Waals surface area contributed by atoms with E-state index >= 15 is 0 Å². The Kier molecular flexibility index (Phi) is 5.54. The SMILES string of the molecule is C=C(C)c1ccc(-c2ncccc2C)c(CC)c1.CC1CC1. The highest BCUT2D eigenvalue weighted by molar-refractivity contribution is 5.71. The molecule has 0 aliphatic heterocycles. The first kappa shape index (κ1) is 16.5. The number of aromatic nitrogens is 1. The van der Waals surface area contributed by atoms with Crippen LogP contribution in [0.15, 0.2) is 43.1 Å². The highest BCUT2D eigenvalue weighted by Gasteiger charge is 2.12. The Labute approximate surface area is 135 Å². The lowest BCUT2D eigenvalue weighted by Crippen LogP contribution is -1.94. The van der Waals surface area contributed by atoms with Crippen LogP contribution in [0.3, 0.4) is 0 Å². The summed E-state index contributed by atoms with van der Waals surface area (Å²) in [6.07, 6.45) is 5.83. The van der Waals surface area contributed by atoms with Gasteiger partial charge in [-0.25, -0.2) is 0 Å². The summed E-state index contributed by atoms with van der Waals surface area (Å²) in [6, 6.07) is 10.6. The van der Waals surface area contributed by atoms with E-state index in [0.717, 1.165) is 23.6 Å². The van der Waals surface area contributed by atoms with Gasteiger partial charge in [0.2, 0.25) is 0 Å². The molecule has 1 saturated carbocycles. The highest BCUT2D eigenvalue weighted by atomic mass is 14.7. The molecule has 0 amide bonds. The van der Waals surface area contributed by atoms with Crippen LogP contribution in [-0.2, 0) is 6.42 Å². The normalized spacial score (nSPS) is 13.3. The van der Waals surface area contributed by atoms with Crippen LogP contribution in [0, 0.1) is 12.8 Å². The zero-order chi connectivity index (χ0) is 16.1. The molecule has 1 nitrogen and oxygen atoms in total. The number of hydrogen-bond acceptors (Lipinski definition) is 1.